The predicted molar refractivity (Wildman–Crippen MR) is 113 cm³/mol. The topological polar surface area (TPSA) is 162 Å². The lowest BCUT2D eigenvalue weighted by Gasteiger charge is -2.13. The molecule has 0 aliphatic heterocycles. The molecule has 154 valence electrons. The van der Waals surface area contributed by atoms with Gasteiger partial charge in [0, 0.05) is 12.1 Å². The first-order valence-electron chi connectivity index (χ1n) is 8.40. The number of amidine groups is 1. The molecule has 0 aromatic heterocycles. The number of hydrogen-bond donors (Lipinski definition) is 3. The number of fused-ring (bicyclic) bond motifs is 1. The number of esters is 1. The van der Waals surface area contributed by atoms with E-state index in [1.165, 1.54) is 24.3 Å². The number of hydrogen-bond acceptors (Lipinski definition) is 6. The number of nitro benzene ring substituents is 1. The number of non-ortho nitro benzene ring substituents is 1. The number of nitrogens with zero attached hydrogens (tertiary/aromatic N) is 1. The smallest absolute Gasteiger partial charge is 0.343 e. The normalized spacial score (nSPS) is 11.2. The largest absolute Gasteiger partial charge is 0.423 e. The van der Waals surface area contributed by atoms with Crippen LogP contribution < -0.4 is 16.2 Å². The first-order valence-corrected chi connectivity index (χ1v) is 8.40. The van der Waals surface area contributed by atoms with Crippen LogP contribution in [0.1, 0.15) is 21.8 Å². The average Bonchev–Trinajstić information content (AvgIpc) is 2.67. The maximum atomic E-state index is 12.2. The Labute approximate surface area is 176 Å². The van der Waals surface area contributed by atoms with E-state index < -0.39 is 22.7 Å². The molecule has 5 N–H and O–H groups in total. The molecule has 30 heavy (non-hydrogen) atoms. The molecule has 1 unspecified atom stereocenters. The minimum Gasteiger partial charge on any atom is -0.423 e. The van der Waals surface area contributed by atoms with Gasteiger partial charge < -0.3 is 16.2 Å². The van der Waals surface area contributed by atoms with Gasteiger partial charge in [0.15, 0.2) is 0 Å². The third-order valence-electron chi connectivity index (χ3n) is 4.29. The van der Waals surface area contributed by atoms with Gasteiger partial charge in [-0.05, 0) is 46.7 Å². The highest BCUT2D eigenvalue weighted by atomic mass is 35.5. The number of benzene rings is 3. The molecule has 3 aromatic rings. The number of halogens is 1. The maximum absolute atomic E-state index is 12.2. The lowest BCUT2D eigenvalue weighted by Crippen LogP contribution is -2.32. The molecule has 0 aliphatic rings. The number of primary amides is 1. The van der Waals surface area contributed by atoms with Crippen molar-refractivity contribution in [2.24, 2.45) is 11.5 Å². The van der Waals surface area contributed by atoms with Crippen molar-refractivity contribution in [3.63, 3.8) is 0 Å². The van der Waals surface area contributed by atoms with E-state index >= 15 is 0 Å². The van der Waals surface area contributed by atoms with Crippen LogP contribution >= 0.6 is 12.4 Å². The fourth-order valence-corrected chi connectivity index (χ4v) is 2.87. The van der Waals surface area contributed by atoms with Gasteiger partial charge in [-0.25, -0.2) is 4.79 Å². The summed E-state index contributed by atoms with van der Waals surface area (Å²) in [6.45, 7) is 0. The Balaban J connectivity index is 0.00000320. The molecule has 0 saturated heterocycles. The molecule has 9 nitrogen and oxygen atoms in total. The monoisotopic (exact) mass is 428 g/mol. The third-order valence-corrected chi connectivity index (χ3v) is 4.29. The van der Waals surface area contributed by atoms with Crippen LogP contribution in [0.4, 0.5) is 5.69 Å². The molecule has 0 spiro atoms. The van der Waals surface area contributed by atoms with Crippen LogP contribution in [0.3, 0.4) is 0 Å². The molecule has 1 atom stereocenters. The van der Waals surface area contributed by atoms with Gasteiger partial charge in [-0.1, -0.05) is 18.2 Å². The number of amides is 1. The molecule has 0 saturated carbocycles. The van der Waals surface area contributed by atoms with Crippen LogP contribution in [0.2, 0.25) is 0 Å². The number of carbonyl (C=O) groups is 2. The van der Waals surface area contributed by atoms with Crippen molar-refractivity contribution in [1.82, 2.24) is 0 Å². The number of nitrogens with two attached hydrogens (primary N) is 2. The van der Waals surface area contributed by atoms with Gasteiger partial charge in [-0.3, -0.25) is 20.3 Å². The number of rotatable bonds is 6. The Morgan fingerprint density at radius 1 is 0.967 bits per heavy atom. The standard InChI is InChI=1S/C20H16N4O5.ClH/c21-18(22)17(19(23)25)14-2-1-13-10-16(8-5-12(13)9-14)29-20(26)11-3-6-15(7-4-11)24(27)28;/h1-10,17H,(H3,21,22)(H2,23,25);1H. The van der Waals surface area contributed by atoms with Crippen LogP contribution in [-0.2, 0) is 4.79 Å². The van der Waals surface area contributed by atoms with E-state index in [0.29, 0.717) is 5.56 Å². The summed E-state index contributed by atoms with van der Waals surface area (Å²) in [6, 6.07) is 15.0. The molecule has 0 fully saturated rings. The van der Waals surface area contributed by atoms with Crippen molar-refractivity contribution < 1.29 is 19.2 Å². The molecule has 0 aliphatic carbocycles. The second-order valence-electron chi connectivity index (χ2n) is 6.25. The van der Waals surface area contributed by atoms with E-state index in [2.05, 4.69) is 0 Å². The van der Waals surface area contributed by atoms with Gasteiger partial charge in [-0.15, -0.1) is 12.4 Å². The van der Waals surface area contributed by atoms with E-state index in [9.17, 15) is 19.7 Å². The van der Waals surface area contributed by atoms with E-state index in [0.717, 1.165) is 10.8 Å². The first kappa shape index (κ1) is 22.3. The fraction of sp³-hybridized carbons (Fsp3) is 0.0500. The Morgan fingerprint density at radius 2 is 1.57 bits per heavy atom. The Morgan fingerprint density at radius 3 is 2.13 bits per heavy atom. The van der Waals surface area contributed by atoms with E-state index in [1.807, 2.05) is 0 Å². The Hall–Kier alpha value is -3.98. The van der Waals surface area contributed by atoms with Crippen LogP contribution in [0.25, 0.3) is 10.8 Å². The Bertz CT molecular complexity index is 1130. The lowest BCUT2D eigenvalue weighted by atomic mass is 9.95. The minimum absolute atomic E-state index is 0. The average molecular weight is 429 g/mol. The summed E-state index contributed by atoms with van der Waals surface area (Å²) in [5, 5.41) is 19.7. The zero-order valence-electron chi connectivity index (χ0n) is 15.4. The van der Waals surface area contributed by atoms with Gasteiger partial charge in [0.05, 0.1) is 10.5 Å². The minimum atomic E-state index is -1.01. The maximum Gasteiger partial charge on any atom is 0.343 e. The van der Waals surface area contributed by atoms with Crippen molar-refractivity contribution >= 4 is 46.6 Å². The van der Waals surface area contributed by atoms with E-state index in [1.54, 1.807) is 36.4 Å². The van der Waals surface area contributed by atoms with Crippen LogP contribution in [0, 0.1) is 15.5 Å². The SMILES string of the molecule is Cl.N=C(N)C(C(N)=O)c1ccc2cc(OC(=O)c3ccc([N+](=O)[O-])cc3)ccc2c1. The van der Waals surface area contributed by atoms with Crippen molar-refractivity contribution in [3.05, 3.63) is 81.9 Å². The molecule has 3 rings (SSSR count). The first-order chi connectivity index (χ1) is 13.8. The van der Waals surface area contributed by atoms with Gasteiger partial charge in [0.2, 0.25) is 5.91 Å². The number of nitro groups is 1. The van der Waals surface area contributed by atoms with Gasteiger partial charge in [0.25, 0.3) is 5.69 Å². The van der Waals surface area contributed by atoms with E-state index in [4.69, 9.17) is 21.6 Å². The summed E-state index contributed by atoms with van der Waals surface area (Å²) >= 11 is 0. The predicted octanol–water partition coefficient (Wildman–Crippen LogP) is 2.89. The number of carbonyl (C=O) groups excluding carboxylic acids is 2. The Kier molecular flexibility index (Phi) is 6.70. The number of nitrogens with one attached hydrogen (secondary N) is 1. The summed E-state index contributed by atoms with van der Waals surface area (Å²) in [7, 11) is 0. The molecule has 3 aromatic carbocycles. The van der Waals surface area contributed by atoms with Crippen LogP contribution in [-0.4, -0.2) is 22.6 Å². The van der Waals surface area contributed by atoms with Crippen LogP contribution in [0.15, 0.2) is 60.7 Å². The summed E-state index contributed by atoms with van der Waals surface area (Å²) in [5.41, 5.74) is 11.3. The quantitative estimate of drug-likeness (QED) is 0.136. The molecule has 1 amide bonds. The highest BCUT2D eigenvalue weighted by Crippen LogP contribution is 2.26. The van der Waals surface area contributed by atoms with Crippen molar-refractivity contribution in [3.8, 4) is 5.75 Å². The summed E-state index contributed by atoms with van der Waals surface area (Å²) < 4.78 is 5.33. The van der Waals surface area contributed by atoms with Crippen molar-refractivity contribution in [2.45, 2.75) is 5.92 Å². The molecule has 10 heteroatoms. The second-order valence-corrected chi connectivity index (χ2v) is 6.25. The summed E-state index contributed by atoms with van der Waals surface area (Å²) in [5.74, 6) is -2.44. The third kappa shape index (κ3) is 4.70. The zero-order chi connectivity index (χ0) is 21.1. The van der Waals surface area contributed by atoms with E-state index in [-0.39, 0.29) is 35.2 Å². The number of ether oxygens (including phenoxy) is 1. The van der Waals surface area contributed by atoms with Crippen LogP contribution in [0.5, 0.6) is 5.75 Å². The molecular formula is C20H17ClN4O5. The van der Waals surface area contributed by atoms with Crippen molar-refractivity contribution in [1.29, 1.82) is 5.41 Å². The lowest BCUT2D eigenvalue weighted by molar-refractivity contribution is -0.384. The highest BCUT2D eigenvalue weighted by molar-refractivity contribution is 6.06. The van der Waals surface area contributed by atoms with Gasteiger partial charge in [-0.2, -0.15) is 0 Å². The molecular weight excluding hydrogens is 412 g/mol. The van der Waals surface area contributed by atoms with Crippen molar-refractivity contribution in [2.75, 3.05) is 0 Å². The van der Waals surface area contributed by atoms with Gasteiger partial charge >= 0.3 is 5.97 Å². The summed E-state index contributed by atoms with van der Waals surface area (Å²) in [4.78, 5) is 33.9. The molecule has 0 radical (unpaired) electrons. The fourth-order valence-electron chi connectivity index (χ4n) is 2.87. The molecule has 0 heterocycles. The van der Waals surface area contributed by atoms with Gasteiger partial charge in [0.1, 0.15) is 17.5 Å². The second kappa shape index (κ2) is 9.01. The summed E-state index contributed by atoms with van der Waals surface area (Å²) in [6.07, 6.45) is 0. The highest BCUT2D eigenvalue weighted by Gasteiger charge is 2.21. The molecule has 0 bridgehead atoms. The zero-order valence-corrected chi connectivity index (χ0v) is 16.2.